The number of halogens is 3. The standard InChI is InChI=1S/C12H9F2NO2S.ClH/c13-12(14)16-9-2-1-7(5-10(9)17-12)11(15)8-3-4-18-6-8;/h1-6,11H,15H2;1H/t11-;/m0./s1. The average molecular weight is 306 g/mol. The van der Waals surface area contributed by atoms with E-state index in [1.54, 1.807) is 6.07 Å². The van der Waals surface area contributed by atoms with E-state index in [1.807, 2.05) is 16.8 Å². The molecule has 0 spiro atoms. The van der Waals surface area contributed by atoms with E-state index in [0.717, 1.165) is 5.56 Å². The van der Waals surface area contributed by atoms with Gasteiger partial charge in [-0.05, 0) is 40.1 Å². The number of fused-ring (bicyclic) bond motifs is 1. The highest BCUT2D eigenvalue weighted by molar-refractivity contribution is 7.08. The maximum atomic E-state index is 12.9. The van der Waals surface area contributed by atoms with Crippen molar-refractivity contribution in [1.82, 2.24) is 0 Å². The maximum absolute atomic E-state index is 12.9. The molecule has 0 saturated carbocycles. The van der Waals surface area contributed by atoms with Gasteiger partial charge in [0.2, 0.25) is 0 Å². The molecule has 1 aliphatic heterocycles. The van der Waals surface area contributed by atoms with Crippen LogP contribution in [0.1, 0.15) is 17.2 Å². The number of ether oxygens (including phenoxy) is 2. The fourth-order valence-corrected chi connectivity index (χ4v) is 2.50. The molecule has 7 heteroatoms. The summed E-state index contributed by atoms with van der Waals surface area (Å²) in [5.41, 5.74) is 7.68. The van der Waals surface area contributed by atoms with Gasteiger partial charge in [-0.1, -0.05) is 6.07 Å². The van der Waals surface area contributed by atoms with E-state index >= 15 is 0 Å². The zero-order valence-corrected chi connectivity index (χ0v) is 11.1. The lowest BCUT2D eigenvalue weighted by Crippen LogP contribution is -2.25. The van der Waals surface area contributed by atoms with Crippen LogP contribution < -0.4 is 15.2 Å². The Morgan fingerprint density at radius 1 is 1.11 bits per heavy atom. The van der Waals surface area contributed by atoms with Crippen LogP contribution in [0.25, 0.3) is 0 Å². The van der Waals surface area contributed by atoms with Crippen molar-refractivity contribution in [2.45, 2.75) is 12.3 Å². The summed E-state index contributed by atoms with van der Waals surface area (Å²) in [4.78, 5) is 0. The van der Waals surface area contributed by atoms with E-state index in [2.05, 4.69) is 9.47 Å². The Balaban J connectivity index is 0.00000133. The molecule has 3 rings (SSSR count). The lowest BCUT2D eigenvalue weighted by molar-refractivity contribution is -0.286. The average Bonchev–Trinajstić information content (AvgIpc) is 2.91. The molecule has 0 bridgehead atoms. The largest absolute Gasteiger partial charge is 0.586 e. The first-order valence-electron chi connectivity index (χ1n) is 5.23. The van der Waals surface area contributed by atoms with Crippen LogP contribution in [-0.2, 0) is 0 Å². The molecule has 2 aromatic rings. The van der Waals surface area contributed by atoms with Gasteiger partial charge in [-0.25, -0.2) is 0 Å². The second-order valence-electron chi connectivity index (χ2n) is 3.91. The molecule has 2 N–H and O–H groups in total. The van der Waals surface area contributed by atoms with Gasteiger partial charge in [-0.2, -0.15) is 11.3 Å². The molecule has 3 nitrogen and oxygen atoms in total. The summed E-state index contributed by atoms with van der Waals surface area (Å²) in [5.74, 6) is 0.0458. The fourth-order valence-electron chi connectivity index (χ4n) is 1.80. The summed E-state index contributed by atoms with van der Waals surface area (Å²) in [6.07, 6.45) is -3.59. The molecule has 1 atom stereocenters. The minimum atomic E-state index is -3.59. The van der Waals surface area contributed by atoms with Gasteiger partial charge in [0, 0.05) is 0 Å². The minimum absolute atomic E-state index is 0. The van der Waals surface area contributed by atoms with Gasteiger partial charge in [0.25, 0.3) is 0 Å². The third-order valence-corrected chi connectivity index (χ3v) is 3.39. The van der Waals surface area contributed by atoms with Gasteiger partial charge in [0.15, 0.2) is 11.5 Å². The lowest BCUT2D eigenvalue weighted by atomic mass is 10.0. The normalized spacial score (nSPS) is 16.8. The van der Waals surface area contributed by atoms with Crippen LogP contribution >= 0.6 is 23.7 Å². The summed E-state index contributed by atoms with van der Waals surface area (Å²) >= 11 is 1.53. The third-order valence-electron chi connectivity index (χ3n) is 2.69. The van der Waals surface area contributed by atoms with E-state index in [-0.39, 0.29) is 29.9 Å². The first kappa shape index (κ1) is 14.0. The molecule has 102 valence electrons. The molecule has 1 aromatic carbocycles. The molecule has 0 amide bonds. The first-order chi connectivity index (χ1) is 8.55. The third kappa shape index (κ3) is 2.65. The maximum Gasteiger partial charge on any atom is 0.586 e. The van der Waals surface area contributed by atoms with E-state index in [4.69, 9.17) is 5.73 Å². The molecule has 0 aliphatic carbocycles. The molecular weight excluding hydrogens is 296 g/mol. The minimum Gasteiger partial charge on any atom is -0.395 e. The zero-order valence-electron chi connectivity index (χ0n) is 9.51. The number of thiophene rings is 1. The highest BCUT2D eigenvalue weighted by atomic mass is 35.5. The van der Waals surface area contributed by atoms with Crippen molar-refractivity contribution in [1.29, 1.82) is 0 Å². The van der Waals surface area contributed by atoms with Gasteiger partial charge >= 0.3 is 6.29 Å². The molecule has 19 heavy (non-hydrogen) atoms. The molecule has 1 aromatic heterocycles. The van der Waals surface area contributed by atoms with Crippen molar-refractivity contribution in [3.8, 4) is 11.5 Å². The second-order valence-corrected chi connectivity index (χ2v) is 4.69. The van der Waals surface area contributed by atoms with Crippen molar-refractivity contribution >= 4 is 23.7 Å². The Kier molecular flexibility index (Phi) is 3.66. The Hall–Kier alpha value is -1.37. The Bertz CT molecular complexity index is 577. The van der Waals surface area contributed by atoms with Gasteiger partial charge < -0.3 is 15.2 Å². The van der Waals surface area contributed by atoms with E-state index < -0.39 is 6.29 Å². The van der Waals surface area contributed by atoms with Gasteiger partial charge in [-0.3, -0.25) is 0 Å². The topological polar surface area (TPSA) is 44.5 Å². The predicted octanol–water partition coefficient (Wildman–Crippen LogP) is 3.54. The van der Waals surface area contributed by atoms with Crippen molar-refractivity contribution in [2.75, 3.05) is 0 Å². The summed E-state index contributed by atoms with van der Waals surface area (Å²) < 4.78 is 34.5. The number of rotatable bonds is 2. The summed E-state index contributed by atoms with van der Waals surface area (Å²) in [6, 6.07) is 6.12. The number of hydrogen-bond donors (Lipinski definition) is 1. The fraction of sp³-hybridized carbons (Fsp3) is 0.167. The van der Waals surface area contributed by atoms with Crippen molar-refractivity contribution < 1.29 is 18.3 Å². The van der Waals surface area contributed by atoms with E-state index in [1.165, 1.54) is 23.5 Å². The van der Waals surface area contributed by atoms with Crippen LogP contribution in [0.2, 0.25) is 0 Å². The highest BCUT2D eigenvalue weighted by Gasteiger charge is 2.43. The Labute approximate surface area is 118 Å². The van der Waals surface area contributed by atoms with Crippen LogP contribution in [0.4, 0.5) is 8.78 Å². The first-order valence-corrected chi connectivity index (χ1v) is 6.17. The van der Waals surface area contributed by atoms with Crippen LogP contribution in [0.15, 0.2) is 35.0 Å². The summed E-state index contributed by atoms with van der Waals surface area (Å²) in [5, 5.41) is 3.83. The highest BCUT2D eigenvalue weighted by Crippen LogP contribution is 2.42. The predicted molar refractivity (Wildman–Crippen MR) is 70.2 cm³/mol. The van der Waals surface area contributed by atoms with E-state index in [0.29, 0.717) is 5.56 Å². The Morgan fingerprint density at radius 3 is 2.53 bits per heavy atom. The van der Waals surface area contributed by atoms with Gasteiger partial charge in [-0.15, -0.1) is 21.2 Å². The van der Waals surface area contributed by atoms with Crippen LogP contribution in [0, 0.1) is 0 Å². The van der Waals surface area contributed by atoms with Crippen molar-refractivity contribution in [2.24, 2.45) is 5.73 Å². The quantitative estimate of drug-likeness (QED) is 0.923. The van der Waals surface area contributed by atoms with E-state index in [9.17, 15) is 8.78 Å². The number of hydrogen-bond acceptors (Lipinski definition) is 4. The number of benzene rings is 1. The molecule has 0 saturated heterocycles. The molecule has 0 unspecified atom stereocenters. The summed E-state index contributed by atoms with van der Waals surface area (Å²) in [7, 11) is 0. The molecule has 1 aliphatic rings. The molecule has 2 heterocycles. The van der Waals surface area contributed by atoms with Crippen molar-refractivity contribution in [3.63, 3.8) is 0 Å². The van der Waals surface area contributed by atoms with Gasteiger partial charge in [0.1, 0.15) is 0 Å². The lowest BCUT2D eigenvalue weighted by Gasteiger charge is -2.10. The number of alkyl halides is 2. The molecule has 0 fully saturated rings. The second kappa shape index (κ2) is 4.96. The van der Waals surface area contributed by atoms with Crippen LogP contribution in [-0.4, -0.2) is 6.29 Å². The van der Waals surface area contributed by atoms with Crippen molar-refractivity contribution in [3.05, 3.63) is 46.2 Å². The smallest absolute Gasteiger partial charge is 0.395 e. The zero-order chi connectivity index (χ0) is 12.8. The van der Waals surface area contributed by atoms with Crippen LogP contribution in [0.5, 0.6) is 11.5 Å². The number of nitrogens with two attached hydrogens (primary N) is 1. The molecular formula is C12H10ClF2NO2S. The van der Waals surface area contributed by atoms with Gasteiger partial charge in [0.05, 0.1) is 6.04 Å². The van der Waals surface area contributed by atoms with Crippen LogP contribution in [0.3, 0.4) is 0 Å². The molecule has 0 radical (unpaired) electrons. The monoisotopic (exact) mass is 305 g/mol. The SMILES string of the molecule is Cl.N[C@H](c1ccsc1)c1ccc2c(c1)OC(F)(F)O2. The Morgan fingerprint density at radius 2 is 1.84 bits per heavy atom. The summed E-state index contributed by atoms with van der Waals surface area (Å²) in [6.45, 7) is 0.